The summed E-state index contributed by atoms with van der Waals surface area (Å²) < 4.78 is 0. The molecule has 1 saturated carbocycles. The second kappa shape index (κ2) is 8.57. The Hall–Kier alpha value is -1.84. The lowest BCUT2D eigenvalue weighted by molar-refractivity contribution is -0.137. The molecule has 1 fully saturated rings. The average molecular weight is 303 g/mol. The molecule has 120 valence electrons. The van der Waals surface area contributed by atoms with Crippen LogP contribution in [0.1, 0.15) is 50.5 Å². The first-order valence-corrected chi connectivity index (χ1v) is 8.18. The number of amides is 1. The molecule has 1 aromatic rings. The largest absolute Gasteiger partial charge is 0.481 e. The van der Waals surface area contributed by atoms with Crippen LogP contribution in [-0.2, 0) is 16.0 Å². The van der Waals surface area contributed by atoms with Gasteiger partial charge in [-0.3, -0.25) is 9.59 Å². The first-order valence-electron chi connectivity index (χ1n) is 8.18. The fraction of sp³-hybridized carbons (Fsp3) is 0.556. The number of carboxylic acid groups (broad SMARTS) is 1. The van der Waals surface area contributed by atoms with Gasteiger partial charge in [-0.15, -0.1) is 0 Å². The Morgan fingerprint density at radius 3 is 2.50 bits per heavy atom. The number of hydrogen-bond donors (Lipinski definition) is 2. The number of carbonyl (C=O) groups is 2. The zero-order chi connectivity index (χ0) is 15.8. The second-order valence-corrected chi connectivity index (χ2v) is 6.24. The van der Waals surface area contributed by atoms with E-state index >= 15 is 0 Å². The van der Waals surface area contributed by atoms with Crippen molar-refractivity contribution >= 4 is 11.9 Å². The van der Waals surface area contributed by atoms with Gasteiger partial charge in [-0.25, -0.2) is 0 Å². The predicted molar refractivity (Wildman–Crippen MR) is 85.5 cm³/mol. The molecule has 1 unspecified atom stereocenters. The number of rotatable bonds is 8. The van der Waals surface area contributed by atoms with Crippen molar-refractivity contribution in [2.75, 3.05) is 0 Å². The third-order valence-corrected chi connectivity index (χ3v) is 4.35. The SMILES string of the molecule is O=C(O)CCC(Cc1ccccc1)NC(=O)CC1CCCC1. The van der Waals surface area contributed by atoms with E-state index in [1.807, 2.05) is 30.3 Å². The van der Waals surface area contributed by atoms with Crippen molar-refractivity contribution in [2.24, 2.45) is 5.92 Å². The van der Waals surface area contributed by atoms with Crippen LogP contribution < -0.4 is 5.32 Å². The zero-order valence-corrected chi connectivity index (χ0v) is 13.0. The van der Waals surface area contributed by atoms with Gasteiger partial charge in [0.1, 0.15) is 0 Å². The van der Waals surface area contributed by atoms with Crippen LogP contribution in [0.2, 0.25) is 0 Å². The molecule has 0 aliphatic heterocycles. The minimum Gasteiger partial charge on any atom is -0.481 e. The van der Waals surface area contributed by atoms with E-state index in [1.54, 1.807) is 0 Å². The fourth-order valence-electron chi connectivity index (χ4n) is 3.18. The number of carboxylic acids is 1. The summed E-state index contributed by atoms with van der Waals surface area (Å²) >= 11 is 0. The Balaban J connectivity index is 1.88. The van der Waals surface area contributed by atoms with Gasteiger partial charge in [-0.1, -0.05) is 43.2 Å². The molecule has 0 radical (unpaired) electrons. The monoisotopic (exact) mass is 303 g/mol. The van der Waals surface area contributed by atoms with E-state index in [0.717, 1.165) is 18.4 Å². The molecular weight excluding hydrogens is 278 g/mol. The molecule has 4 heteroatoms. The maximum Gasteiger partial charge on any atom is 0.303 e. The molecule has 1 aliphatic carbocycles. The van der Waals surface area contributed by atoms with E-state index in [-0.39, 0.29) is 18.4 Å². The standard InChI is InChI=1S/C18H25NO3/c20-17(13-15-8-4-5-9-15)19-16(10-11-18(21)22)12-14-6-2-1-3-7-14/h1-3,6-7,15-16H,4-5,8-13H2,(H,19,20)(H,21,22). The summed E-state index contributed by atoms with van der Waals surface area (Å²) in [5.41, 5.74) is 1.12. The van der Waals surface area contributed by atoms with Gasteiger partial charge in [0.2, 0.25) is 5.91 Å². The van der Waals surface area contributed by atoms with Crippen molar-refractivity contribution in [3.63, 3.8) is 0 Å². The van der Waals surface area contributed by atoms with E-state index in [4.69, 9.17) is 5.11 Å². The molecule has 2 rings (SSSR count). The smallest absolute Gasteiger partial charge is 0.303 e. The first kappa shape index (κ1) is 16.5. The van der Waals surface area contributed by atoms with Gasteiger partial charge in [0.15, 0.2) is 0 Å². The summed E-state index contributed by atoms with van der Waals surface area (Å²) in [5, 5.41) is 11.9. The second-order valence-electron chi connectivity index (χ2n) is 6.24. The quantitative estimate of drug-likeness (QED) is 0.775. The Morgan fingerprint density at radius 1 is 1.18 bits per heavy atom. The van der Waals surface area contributed by atoms with Gasteiger partial charge in [0.25, 0.3) is 0 Å². The predicted octanol–water partition coefficient (Wildman–Crippen LogP) is 3.16. The van der Waals surface area contributed by atoms with Crippen LogP contribution in [0.4, 0.5) is 0 Å². The van der Waals surface area contributed by atoms with Crippen molar-refractivity contribution < 1.29 is 14.7 Å². The Labute approximate surface area is 131 Å². The molecule has 2 N–H and O–H groups in total. The molecule has 0 saturated heterocycles. The van der Waals surface area contributed by atoms with Crippen molar-refractivity contribution in [1.82, 2.24) is 5.32 Å². The molecule has 1 amide bonds. The molecule has 1 aromatic carbocycles. The first-order chi connectivity index (χ1) is 10.6. The van der Waals surface area contributed by atoms with Gasteiger partial charge in [-0.2, -0.15) is 0 Å². The van der Waals surface area contributed by atoms with Gasteiger partial charge in [-0.05, 0) is 37.2 Å². The Morgan fingerprint density at radius 2 is 1.86 bits per heavy atom. The van der Waals surface area contributed by atoms with E-state index in [2.05, 4.69) is 5.32 Å². The van der Waals surface area contributed by atoms with Crippen molar-refractivity contribution in [3.05, 3.63) is 35.9 Å². The van der Waals surface area contributed by atoms with Crippen LogP contribution in [0.5, 0.6) is 0 Å². The maximum absolute atomic E-state index is 12.2. The topological polar surface area (TPSA) is 66.4 Å². The van der Waals surface area contributed by atoms with Crippen molar-refractivity contribution in [2.45, 2.75) is 57.4 Å². The van der Waals surface area contributed by atoms with E-state index < -0.39 is 5.97 Å². The number of aliphatic carboxylic acids is 1. The molecule has 0 aromatic heterocycles. The van der Waals surface area contributed by atoms with Crippen LogP contribution in [0.15, 0.2) is 30.3 Å². The highest BCUT2D eigenvalue weighted by Crippen LogP contribution is 2.27. The fourth-order valence-corrected chi connectivity index (χ4v) is 3.18. The highest BCUT2D eigenvalue weighted by atomic mass is 16.4. The third-order valence-electron chi connectivity index (χ3n) is 4.35. The van der Waals surface area contributed by atoms with Gasteiger partial charge in [0.05, 0.1) is 0 Å². The Bertz CT molecular complexity index is 480. The third kappa shape index (κ3) is 5.88. The highest BCUT2D eigenvalue weighted by molar-refractivity contribution is 5.76. The molecule has 1 atom stereocenters. The number of benzene rings is 1. The lowest BCUT2D eigenvalue weighted by atomic mass is 10.00. The Kier molecular flexibility index (Phi) is 6.44. The van der Waals surface area contributed by atoms with Gasteiger partial charge < -0.3 is 10.4 Å². The summed E-state index contributed by atoms with van der Waals surface area (Å²) in [5.74, 6) is -0.238. The number of hydrogen-bond acceptors (Lipinski definition) is 2. The molecule has 0 bridgehead atoms. The van der Waals surface area contributed by atoms with E-state index in [1.165, 1.54) is 12.8 Å². The van der Waals surface area contributed by atoms with Crippen molar-refractivity contribution in [3.8, 4) is 0 Å². The number of nitrogens with one attached hydrogen (secondary N) is 1. The average Bonchev–Trinajstić information content (AvgIpc) is 2.98. The minimum absolute atomic E-state index is 0.0678. The molecule has 22 heavy (non-hydrogen) atoms. The highest BCUT2D eigenvalue weighted by Gasteiger charge is 2.20. The van der Waals surface area contributed by atoms with Crippen LogP contribution in [0.3, 0.4) is 0 Å². The van der Waals surface area contributed by atoms with Crippen LogP contribution in [0, 0.1) is 5.92 Å². The summed E-state index contributed by atoms with van der Waals surface area (Å²) in [4.78, 5) is 23.0. The van der Waals surface area contributed by atoms with Crippen LogP contribution in [-0.4, -0.2) is 23.0 Å². The van der Waals surface area contributed by atoms with Gasteiger partial charge >= 0.3 is 5.97 Å². The van der Waals surface area contributed by atoms with Gasteiger partial charge in [0, 0.05) is 18.9 Å². The summed E-state index contributed by atoms with van der Waals surface area (Å²) in [7, 11) is 0. The molecule has 0 spiro atoms. The van der Waals surface area contributed by atoms with Crippen LogP contribution in [0.25, 0.3) is 0 Å². The molecule has 0 heterocycles. The van der Waals surface area contributed by atoms with E-state index in [9.17, 15) is 9.59 Å². The number of carbonyl (C=O) groups excluding carboxylic acids is 1. The zero-order valence-electron chi connectivity index (χ0n) is 13.0. The maximum atomic E-state index is 12.2. The normalized spacial score (nSPS) is 16.4. The summed E-state index contributed by atoms with van der Waals surface area (Å²) in [6, 6.07) is 9.79. The molecule has 1 aliphatic rings. The molecular formula is C18H25NO3. The lowest BCUT2D eigenvalue weighted by Crippen LogP contribution is -2.37. The summed E-state index contributed by atoms with van der Waals surface area (Å²) in [6.07, 6.45) is 6.57. The summed E-state index contributed by atoms with van der Waals surface area (Å²) in [6.45, 7) is 0. The minimum atomic E-state index is -0.817. The van der Waals surface area contributed by atoms with Crippen LogP contribution >= 0.6 is 0 Å². The van der Waals surface area contributed by atoms with E-state index in [0.29, 0.717) is 25.2 Å². The molecule has 4 nitrogen and oxygen atoms in total. The van der Waals surface area contributed by atoms with Crippen molar-refractivity contribution in [1.29, 1.82) is 0 Å². The lowest BCUT2D eigenvalue weighted by Gasteiger charge is -2.19.